The monoisotopic (exact) mass is 471 g/mol. The van der Waals surface area contributed by atoms with E-state index in [0.29, 0.717) is 40.9 Å². The Kier molecular flexibility index (Phi) is 10.7. The summed E-state index contributed by atoms with van der Waals surface area (Å²) in [6, 6.07) is 10.3. The fourth-order valence-corrected chi connectivity index (χ4v) is 3.10. The number of primary amides is 1. The molecule has 0 aromatic heterocycles. The molecule has 34 heavy (non-hydrogen) atoms. The predicted molar refractivity (Wildman–Crippen MR) is 132 cm³/mol. The number of methoxy groups -OCH3 is 2. The summed E-state index contributed by atoms with van der Waals surface area (Å²) >= 11 is 0. The third-order valence-electron chi connectivity index (χ3n) is 4.98. The minimum Gasteiger partial charge on any atom is -0.493 e. The smallest absolute Gasteiger partial charge is 0.255 e. The van der Waals surface area contributed by atoms with E-state index in [1.807, 2.05) is 0 Å². The Morgan fingerprint density at radius 2 is 1.65 bits per heavy atom. The van der Waals surface area contributed by atoms with Crippen molar-refractivity contribution in [3.05, 3.63) is 48.0 Å². The topological polar surface area (TPSA) is 112 Å². The number of rotatable bonds is 14. The van der Waals surface area contributed by atoms with Gasteiger partial charge in [0.05, 0.1) is 14.2 Å². The normalized spacial score (nSPS) is 10.9. The predicted octanol–water partition coefficient (Wildman–Crippen LogP) is 2.94. The largest absolute Gasteiger partial charge is 0.493 e. The van der Waals surface area contributed by atoms with E-state index >= 15 is 0 Å². The van der Waals surface area contributed by atoms with E-state index < -0.39 is 5.91 Å². The van der Waals surface area contributed by atoms with Crippen LogP contribution in [0.25, 0.3) is 6.08 Å². The molecule has 0 aliphatic rings. The number of benzene rings is 2. The fraction of sp³-hybridized carbons (Fsp3) is 0.360. The molecule has 0 aliphatic carbocycles. The molecule has 2 aromatic carbocycles. The second-order valence-corrected chi connectivity index (χ2v) is 7.23. The van der Waals surface area contributed by atoms with Gasteiger partial charge in [-0.05, 0) is 49.0 Å². The number of likely N-dealkylation sites (N-methyl/N-ethyl adjacent to an activating group) is 1. The van der Waals surface area contributed by atoms with Crippen LogP contribution in [-0.2, 0) is 9.59 Å². The minimum absolute atomic E-state index is 0.253. The van der Waals surface area contributed by atoms with Crippen molar-refractivity contribution >= 4 is 23.6 Å². The Balaban J connectivity index is 2.02. The summed E-state index contributed by atoms with van der Waals surface area (Å²) in [6.45, 7) is 7.17. The van der Waals surface area contributed by atoms with Crippen LogP contribution < -0.4 is 30.0 Å². The van der Waals surface area contributed by atoms with Crippen molar-refractivity contribution < 1.29 is 28.5 Å². The zero-order valence-electron chi connectivity index (χ0n) is 20.1. The summed E-state index contributed by atoms with van der Waals surface area (Å²) < 4.78 is 21.8. The van der Waals surface area contributed by atoms with Crippen molar-refractivity contribution in [3.63, 3.8) is 0 Å². The second kappa shape index (κ2) is 13.7. The van der Waals surface area contributed by atoms with Gasteiger partial charge in [0.2, 0.25) is 5.91 Å². The van der Waals surface area contributed by atoms with Gasteiger partial charge in [-0.25, -0.2) is 0 Å². The number of anilines is 1. The molecule has 0 bridgehead atoms. The number of hydrogen-bond acceptors (Lipinski definition) is 7. The van der Waals surface area contributed by atoms with Gasteiger partial charge in [-0.2, -0.15) is 0 Å². The average Bonchev–Trinajstić information content (AvgIpc) is 2.84. The van der Waals surface area contributed by atoms with Crippen molar-refractivity contribution in [2.45, 2.75) is 13.8 Å². The minimum atomic E-state index is -0.585. The molecule has 0 spiro atoms. The fourth-order valence-electron chi connectivity index (χ4n) is 3.10. The van der Waals surface area contributed by atoms with Crippen molar-refractivity contribution in [3.8, 4) is 23.0 Å². The molecule has 0 saturated heterocycles. The molecule has 0 fully saturated rings. The Hall–Kier alpha value is -3.72. The van der Waals surface area contributed by atoms with Crippen LogP contribution in [0.2, 0.25) is 0 Å². The van der Waals surface area contributed by atoms with Crippen LogP contribution in [0.15, 0.2) is 42.5 Å². The average molecular weight is 472 g/mol. The summed E-state index contributed by atoms with van der Waals surface area (Å²) in [4.78, 5) is 25.6. The van der Waals surface area contributed by atoms with E-state index in [1.54, 1.807) is 49.6 Å². The summed E-state index contributed by atoms with van der Waals surface area (Å²) in [7, 11) is 3.06. The highest BCUT2D eigenvalue weighted by Gasteiger charge is 2.09. The summed E-state index contributed by atoms with van der Waals surface area (Å²) in [5.74, 6) is 1.07. The molecule has 0 heterocycles. The van der Waals surface area contributed by atoms with Crippen LogP contribution >= 0.6 is 0 Å². The molecule has 0 unspecified atom stereocenters. The lowest BCUT2D eigenvalue weighted by molar-refractivity contribution is -0.120. The van der Waals surface area contributed by atoms with E-state index in [4.69, 9.17) is 24.7 Å². The second-order valence-electron chi connectivity index (χ2n) is 7.23. The SMILES string of the molecule is CCN(CC)CCOc1cc(NC(=O)/C=C/c2ccc(OCC(N)=O)c(OC)c2)ccc1OC. The number of nitrogens with zero attached hydrogens (tertiary/aromatic N) is 1. The van der Waals surface area contributed by atoms with Gasteiger partial charge in [0.1, 0.15) is 6.61 Å². The van der Waals surface area contributed by atoms with Gasteiger partial charge in [0.15, 0.2) is 29.6 Å². The van der Waals surface area contributed by atoms with Crippen molar-refractivity contribution in [1.82, 2.24) is 4.90 Å². The lowest BCUT2D eigenvalue weighted by atomic mass is 10.2. The standard InChI is InChI=1S/C25H33N3O6/c1-5-28(6-2)13-14-33-23-16-19(9-11-20(23)31-3)27-25(30)12-8-18-7-10-21(22(15-18)32-4)34-17-24(26)29/h7-12,15-16H,5-6,13-14,17H2,1-4H3,(H2,26,29)(H,27,30)/b12-8+. The number of nitrogens with two attached hydrogens (primary N) is 1. The Morgan fingerprint density at radius 1 is 0.941 bits per heavy atom. The van der Waals surface area contributed by atoms with Crippen LogP contribution in [0.3, 0.4) is 0 Å². The van der Waals surface area contributed by atoms with E-state index in [0.717, 1.165) is 19.6 Å². The first-order valence-corrected chi connectivity index (χ1v) is 11.0. The van der Waals surface area contributed by atoms with Gasteiger partial charge < -0.3 is 34.9 Å². The van der Waals surface area contributed by atoms with Gasteiger partial charge in [-0.1, -0.05) is 19.9 Å². The van der Waals surface area contributed by atoms with Crippen LogP contribution in [0.1, 0.15) is 19.4 Å². The zero-order valence-corrected chi connectivity index (χ0v) is 20.1. The number of carbonyl (C=O) groups is 2. The van der Waals surface area contributed by atoms with Crippen molar-refractivity contribution in [1.29, 1.82) is 0 Å². The Morgan fingerprint density at radius 3 is 2.29 bits per heavy atom. The molecule has 3 N–H and O–H groups in total. The van der Waals surface area contributed by atoms with E-state index in [2.05, 4.69) is 24.1 Å². The molecule has 184 valence electrons. The molecule has 0 atom stereocenters. The molecule has 9 heteroatoms. The van der Waals surface area contributed by atoms with Gasteiger partial charge >= 0.3 is 0 Å². The number of amides is 2. The van der Waals surface area contributed by atoms with E-state index in [-0.39, 0.29) is 12.5 Å². The maximum absolute atomic E-state index is 12.4. The van der Waals surface area contributed by atoms with Gasteiger partial charge in [0.25, 0.3) is 5.91 Å². The van der Waals surface area contributed by atoms with Crippen molar-refractivity contribution in [2.75, 3.05) is 52.4 Å². The van der Waals surface area contributed by atoms with Gasteiger partial charge in [0, 0.05) is 24.4 Å². The van der Waals surface area contributed by atoms with Crippen LogP contribution in [0.5, 0.6) is 23.0 Å². The van der Waals surface area contributed by atoms with Crippen LogP contribution in [-0.4, -0.2) is 63.8 Å². The highest BCUT2D eigenvalue weighted by atomic mass is 16.5. The summed E-state index contributed by atoms with van der Waals surface area (Å²) in [5, 5.41) is 2.82. The summed E-state index contributed by atoms with van der Waals surface area (Å²) in [5.41, 5.74) is 6.40. The molecule has 0 radical (unpaired) electrons. The molecule has 2 amide bonds. The van der Waals surface area contributed by atoms with Crippen LogP contribution in [0.4, 0.5) is 5.69 Å². The molecule has 0 aliphatic heterocycles. The van der Waals surface area contributed by atoms with Gasteiger partial charge in [-0.15, -0.1) is 0 Å². The molecule has 2 rings (SSSR count). The highest BCUT2D eigenvalue weighted by Crippen LogP contribution is 2.31. The third kappa shape index (κ3) is 8.32. The number of nitrogens with one attached hydrogen (secondary N) is 1. The highest BCUT2D eigenvalue weighted by molar-refractivity contribution is 6.02. The third-order valence-corrected chi connectivity index (χ3v) is 4.98. The maximum Gasteiger partial charge on any atom is 0.255 e. The lowest BCUT2D eigenvalue weighted by Crippen LogP contribution is -2.28. The molecular formula is C25H33N3O6. The number of hydrogen-bond donors (Lipinski definition) is 2. The first kappa shape index (κ1) is 26.5. The lowest BCUT2D eigenvalue weighted by Gasteiger charge is -2.19. The number of ether oxygens (including phenoxy) is 4. The molecule has 2 aromatic rings. The first-order valence-electron chi connectivity index (χ1n) is 11.0. The number of carbonyl (C=O) groups excluding carboxylic acids is 2. The first-order chi connectivity index (χ1) is 16.4. The zero-order chi connectivity index (χ0) is 24.9. The van der Waals surface area contributed by atoms with E-state index in [9.17, 15) is 9.59 Å². The maximum atomic E-state index is 12.4. The van der Waals surface area contributed by atoms with Crippen molar-refractivity contribution in [2.24, 2.45) is 5.73 Å². The summed E-state index contributed by atoms with van der Waals surface area (Å²) in [6.07, 6.45) is 3.05. The quantitative estimate of drug-likeness (QED) is 0.407. The van der Waals surface area contributed by atoms with Gasteiger partial charge in [-0.3, -0.25) is 9.59 Å². The Labute approximate surface area is 200 Å². The molecule has 9 nitrogen and oxygen atoms in total. The van der Waals surface area contributed by atoms with E-state index in [1.165, 1.54) is 13.2 Å². The molecule has 0 saturated carbocycles. The Bertz CT molecular complexity index is 989. The molecular weight excluding hydrogens is 438 g/mol. The van der Waals surface area contributed by atoms with Crippen LogP contribution in [0, 0.1) is 0 Å².